The van der Waals surface area contributed by atoms with Gasteiger partial charge < -0.3 is 14.9 Å². The van der Waals surface area contributed by atoms with Crippen molar-refractivity contribution in [3.8, 4) is 0 Å². The number of aryl methyl sites for hydroxylation is 1. The third-order valence-electron chi connectivity index (χ3n) is 3.42. The maximum atomic E-state index is 12.2. The molecule has 1 aliphatic rings. The van der Waals surface area contributed by atoms with Crippen LogP contribution < -0.4 is 4.72 Å². The Kier molecular flexibility index (Phi) is 4.33. The van der Waals surface area contributed by atoms with E-state index in [1.165, 1.54) is 12.1 Å². The summed E-state index contributed by atoms with van der Waals surface area (Å²) in [7, 11) is -3.89. The van der Waals surface area contributed by atoms with Gasteiger partial charge in [-0.25, -0.2) is 17.9 Å². The van der Waals surface area contributed by atoms with Crippen LogP contribution in [0, 0.1) is 6.92 Å². The van der Waals surface area contributed by atoms with Crippen LogP contribution in [0.4, 0.5) is 0 Å². The van der Waals surface area contributed by atoms with Crippen LogP contribution in [0.5, 0.6) is 0 Å². The summed E-state index contributed by atoms with van der Waals surface area (Å²) in [6.07, 6.45) is 0.351. The SMILES string of the molecule is Cc1ccc(S(=O)(=O)NCC2(O)CCOC2)cc1C(=O)O. The summed E-state index contributed by atoms with van der Waals surface area (Å²) in [5.41, 5.74) is -0.807. The quantitative estimate of drug-likeness (QED) is 0.711. The second kappa shape index (κ2) is 5.72. The molecule has 3 N–H and O–H groups in total. The molecule has 1 fully saturated rings. The summed E-state index contributed by atoms with van der Waals surface area (Å²) in [6.45, 7) is 1.87. The molecule has 0 radical (unpaired) electrons. The molecule has 1 aromatic carbocycles. The molecule has 7 nitrogen and oxygen atoms in total. The number of sulfonamides is 1. The minimum absolute atomic E-state index is 0.0687. The zero-order chi connectivity index (χ0) is 15.7. The number of carboxylic acids is 1. The lowest BCUT2D eigenvalue weighted by Crippen LogP contribution is -2.43. The van der Waals surface area contributed by atoms with Gasteiger partial charge in [-0.15, -0.1) is 0 Å². The van der Waals surface area contributed by atoms with Gasteiger partial charge in [-0.2, -0.15) is 0 Å². The minimum Gasteiger partial charge on any atom is -0.478 e. The van der Waals surface area contributed by atoms with Crippen molar-refractivity contribution < 1.29 is 28.2 Å². The first-order chi connectivity index (χ1) is 9.73. The molecule has 1 aromatic rings. The lowest BCUT2D eigenvalue weighted by molar-refractivity contribution is 0.0314. The maximum absolute atomic E-state index is 12.2. The van der Waals surface area contributed by atoms with E-state index in [4.69, 9.17) is 9.84 Å². The van der Waals surface area contributed by atoms with Crippen molar-refractivity contribution in [2.24, 2.45) is 0 Å². The van der Waals surface area contributed by atoms with E-state index in [0.717, 1.165) is 6.07 Å². The lowest BCUT2D eigenvalue weighted by atomic mass is 10.1. The van der Waals surface area contributed by atoms with Crippen LogP contribution in [0.25, 0.3) is 0 Å². The van der Waals surface area contributed by atoms with Crippen LogP contribution >= 0.6 is 0 Å². The normalized spacial score (nSPS) is 22.4. The highest BCUT2D eigenvalue weighted by atomic mass is 32.2. The fourth-order valence-corrected chi connectivity index (χ4v) is 3.19. The summed E-state index contributed by atoms with van der Waals surface area (Å²) >= 11 is 0. The molecule has 1 aliphatic heterocycles. The topological polar surface area (TPSA) is 113 Å². The van der Waals surface area contributed by atoms with Crippen LogP contribution in [0.3, 0.4) is 0 Å². The summed E-state index contributed by atoms with van der Waals surface area (Å²) < 4.78 is 31.6. The number of carboxylic acid groups (broad SMARTS) is 1. The molecule has 0 aromatic heterocycles. The van der Waals surface area contributed by atoms with E-state index in [9.17, 15) is 18.3 Å². The molecule has 1 atom stereocenters. The summed E-state index contributed by atoms with van der Waals surface area (Å²) in [5.74, 6) is -1.19. The third-order valence-corrected chi connectivity index (χ3v) is 4.82. The second-order valence-electron chi connectivity index (χ2n) is 5.13. The van der Waals surface area contributed by atoms with E-state index in [1.807, 2.05) is 0 Å². The molecule has 1 saturated heterocycles. The smallest absolute Gasteiger partial charge is 0.335 e. The van der Waals surface area contributed by atoms with Gasteiger partial charge in [-0.05, 0) is 24.6 Å². The largest absolute Gasteiger partial charge is 0.478 e. The van der Waals surface area contributed by atoms with Crippen molar-refractivity contribution in [2.45, 2.75) is 23.8 Å². The average molecular weight is 315 g/mol. The Bertz CT molecular complexity index is 649. The number of benzene rings is 1. The summed E-state index contributed by atoms with van der Waals surface area (Å²) in [5, 5.41) is 19.1. The Morgan fingerprint density at radius 1 is 1.48 bits per heavy atom. The summed E-state index contributed by atoms with van der Waals surface area (Å²) in [6, 6.07) is 3.87. The van der Waals surface area contributed by atoms with E-state index in [2.05, 4.69) is 4.72 Å². The van der Waals surface area contributed by atoms with Gasteiger partial charge in [-0.3, -0.25) is 0 Å². The van der Waals surface area contributed by atoms with Gasteiger partial charge in [-0.1, -0.05) is 6.07 Å². The molecule has 0 bridgehead atoms. The van der Waals surface area contributed by atoms with Crippen LogP contribution in [0.1, 0.15) is 22.3 Å². The monoisotopic (exact) mass is 315 g/mol. The first-order valence-electron chi connectivity index (χ1n) is 6.37. The highest BCUT2D eigenvalue weighted by molar-refractivity contribution is 7.89. The molecule has 2 rings (SSSR count). The van der Waals surface area contributed by atoms with Gasteiger partial charge in [0.25, 0.3) is 0 Å². The fraction of sp³-hybridized carbons (Fsp3) is 0.462. The molecule has 116 valence electrons. The number of rotatable bonds is 5. The second-order valence-corrected chi connectivity index (χ2v) is 6.90. The number of hydrogen-bond donors (Lipinski definition) is 3. The maximum Gasteiger partial charge on any atom is 0.335 e. The number of carbonyl (C=O) groups is 1. The minimum atomic E-state index is -3.89. The van der Waals surface area contributed by atoms with Crippen LogP contribution in [0.15, 0.2) is 23.1 Å². The molecule has 1 heterocycles. The zero-order valence-electron chi connectivity index (χ0n) is 11.5. The predicted octanol–water partition coefficient (Wildman–Crippen LogP) is 0.123. The Morgan fingerprint density at radius 2 is 2.19 bits per heavy atom. The molecule has 0 saturated carbocycles. The van der Waals surface area contributed by atoms with Crippen molar-refractivity contribution in [2.75, 3.05) is 19.8 Å². The van der Waals surface area contributed by atoms with Crippen molar-refractivity contribution in [1.29, 1.82) is 0 Å². The molecule has 0 aliphatic carbocycles. The molecule has 8 heteroatoms. The first kappa shape index (κ1) is 15.9. The number of aromatic carboxylic acids is 1. The third kappa shape index (κ3) is 3.59. The van der Waals surface area contributed by atoms with Gasteiger partial charge in [0.05, 0.1) is 17.1 Å². The molecule has 1 unspecified atom stereocenters. The van der Waals surface area contributed by atoms with Crippen LogP contribution in [-0.2, 0) is 14.8 Å². The predicted molar refractivity (Wildman–Crippen MR) is 73.7 cm³/mol. The van der Waals surface area contributed by atoms with Gasteiger partial charge >= 0.3 is 5.97 Å². The molecular weight excluding hydrogens is 298 g/mol. The lowest BCUT2D eigenvalue weighted by Gasteiger charge is -2.20. The van der Waals surface area contributed by atoms with Gasteiger partial charge in [0, 0.05) is 19.6 Å². The average Bonchev–Trinajstić information content (AvgIpc) is 2.84. The van der Waals surface area contributed by atoms with Gasteiger partial charge in [0.1, 0.15) is 5.60 Å². The van der Waals surface area contributed by atoms with E-state index in [0.29, 0.717) is 18.6 Å². The highest BCUT2D eigenvalue weighted by Crippen LogP contribution is 2.19. The molecule has 21 heavy (non-hydrogen) atoms. The van der Waals surface area contributed by atoms with E-state index in [-0.39, 0.29) is 23.6 Å². The van der Waals surface area contributed by atoms with Crippen molar-refractivity contribution in [3.63, 3.8) is 0 Å². The Balaban J connectivity index is 2.19. The number of aliphatic hydroxyl groups is 1. The highest BCUT2D eigenvalue weighted by Gasteiger charge is 2.33. The Labute approximate surface area is 122 Å². The number of nitrogens with one attached hydrogen (secondary N) is 1. The van der Waals surface area contributed by atoms with Gasteiger partial charge in [0.2, 0.25) is 10.0 Å². The fourth-order valence-electron chi connectivity index (χ4n) is 2.05. The van der Waals surface area contributed by atoms with Crippen LogP contribution in [0.2, 0.25) is 0 Å². The Morgan fingerprint density at radius 3 is 2.76 bits per heavy atom. The van der Waals surface area contributed by atoms with E-state index < -0.39 is 21.6 Å². The van der Waals surface area contributed by atoms with E-state index >= 15 is 0 Å². The standard InChI is InChI=1S/C13H17NO6S/c1-9-2-3-10(6-11(9)12(15)16)21(18,19)14-7-13(17)4-5-20-8-13/h2-3,6,14,17H,4-5,7-8H2,1H3,(H,15,16). The molecular formula is C13H17NO6S. The zero-order valence-corrected chi connectivity index (χ0v) is 12.3. The van der Waals surface area contributed by atoms with Crippen LogP contribution in [-0.4, -0.2) is 50.0 Å². The Hall–Kier alpha value is -1.48. The number of hydrogen-bond acceptors (Lipinski definition) is 5. The van der Waals surface area contributed by atoms with Crippen molar-refractivity contribution in [1.82, 2.24) is 4.72 Å². The van der Waals surface area contributed by atoms with Crippen molar-refractivity contribution >= 4 is 16.0 Å². The summed E-state index contributed by atoms with van der Waals surface area (Å²) in [4.78, 5) is 10.9. The molecule has 0 spiro atoms. The first-order valence-corrected chi connectivity index (χ1v) is 7.86. The molecule has 0 amide bonds. The van der Waals surface area contributed by atoms with E-state index in [1.54, 1.807) is 6.92 Å². The van der Waals surface area contributed by atoms with Gasteiger partial charge in [0.15, 0.2) is 0 Å². The van der Waals surface area contributed by atoms with Crippen molar-refractivity contribution in [3.05, 3.63) is 29.3 Å². The number of ether oxygens (including phenoxy) is 1.